The fourth-order valence-corrected chi connectivity index (χ4v) is 1.66. The molecule has 1 aromatic rings. The summed E-state index contributed by atoms with van der Waals surface area (Å²) in [7, 11) is 1.23. The lowest BCUT2D eigenvalue weighted by atomic mass is 10.0. The Balaban J connectivity index is 2.71. The number of nitrogens with one attached hydrogen (secondary N) is 1. The van der Waals surface area contributed by atoms with Crippen molar-refractivity contribution in [2.24, 2.45) is 0 Å². The van der Waals surface area contributed by atoms with Gasteiger partial charge in [-0.3, -0.25) is 4.79 Å². The first-order chi connectivity index (χ1) is 10.3. The summed E-state index contributed by atoms with van der Waals surface area (Å²) in [6.45, 7) is 5.29. The highest BCUT2D eigenvalue weighted by molar-refractivity contribution is 6.03. The van der Waals surface area contributed by atoms with E-state index in [2.05, 4.69) is 10.1 Å². The van der Waals surface area contributed by atoms with Gasteiger partial charge >= 0.3 is 11.9 Å². The Morgan fingerprint density at radius 1 is 1.09 bits per heavy atom. The predicted octanol–water partition coefficient (Wildman–Crippen LogP) is 1.93. The van der Waals surface area contributed by atoms with E-state index in [4.69, 9.17) is 4.74 Å². The van der Waals surface area contributed by atoms with E-state index in [0.29, 0.717) is 0 Å². The van der Waals surface area contributed by atoms with Gasteiger partial charge in [-0.15, -0.1) is 0 Å². The topological polar surface area (TPSA) is 81.7 Å². The third-order valence-corrected chi connectivity index (χ3v) is 3.25. The van der Waals surface area contributed by atoms with Crippen LogP contribution < -0.4 is 5.32 Å². The lowest BCUT2D eigenvalue weighted by Crippen LogP contribution is -2.44. The monoisotopic (exact) mass is 307 g/mol. The second-order valence-corrected chi connectivity index (χ2v) is 5.40. The number of rotatable bonds is 6. The summed E-state index contributed by atoms with van der Waals surface area (Å²) in [5.74, 6) is -1.77. The fourth-order valence-electron chi connectivity index (χ4n) is 1.66. The number of esters is 2. The zero-order chi connectivity index (χ0) is 16.8. The third-order valence-electron chi connectivity index (χ3n) is 3.25. The molecule has 0 atom stereocenters. The molecule has 0 radical (unpaired) electrons. The Morgan fingerprint density at radius 3 is 2.14 bits per heavy atom. The smallest absolute Gasteiger partial charge is 0.339 e. The van der Waals surface area contributed by atoms with E-state index in [9.17, 15) is 14.4 Å². The van der Waals surface area contributed by atoms with Crippen LogP contribution in [-0.2, 0) is 14.3 Å². The third kappa shape index (κ3) is 4.87. The minimum atomic E-state index is -0.745. The molecule has 22 heavy (non-hydrogen) atoms. The summed E-state index contributed by atoms with van der Waals surface area (Å²) in [6, 6.07) is 6.12. The number of carbonyl (C=O) groups excluding carboxylic acids is 3. The van der Waals surface area contributed by atoms with E-state index in [1.165, 1.54) is 19.2 Å². The molecule has 1 N–H and O–H groups in total. The molecule has 0 fully saturated rings. The molecule has 0 saturated heterocycles. The predicted molar refractivity (Wildman–Crippen MR) is 80.6 cm³/mol. The number of amides is 1. The Hall–Kier alpha value is -2.37. The van der Waals surface area contributed by atoms with Gasteiger partial charge in [-0.05, 0) is 32.4 Å². The number of hydrogen-bond donors (Lipinski definition) is 1. The summed E-state index contributed by atoms with van der Waals surface area (Å²) >= 11 is 0. The lowest BCUT2D eigenvalue weighted by Gasteiger charge is -2.24. The van der Waals surface area contributed by atoms with Gasteiger partial charge in [-0.1, -0.05) is 19.1 Å². The van der Waals surface area contributed by atoms with Crippen molar-refractivity contribution in [1.82, 2.24) is 5.32 Å². The molecular weight excluding hydrogens is 286 g/mol. The highest BCUT2D eigenvalue weighted by atomic mass is 16.5. The summed E-state index contributed by atoms with van der Waals surface area (Å²) in [5, 5.41) is 2.75. The normalized spacial score (nSPS) is 10.7. The van der Waals surface area contributed by atoms with Crippen molar-refractivity contribution in [3.8, 4) is 0 Å². The molecular formula is C16H21NO5. The maximum atomic E-state index is 12.0. The molecule has 0 saturated carbocycles. The summed E-state index contributed by atoms with van der Waals surface area (Å²) in [6.07, 6.45) is 0.748. The van der Waals surface area contributed by atoms with Gasteiger partial charge in [0.15, 0.2) is 6.61 Å². The highest BCUT2D eigenvalue weighted by Gasteiger charge is 2.21. The van der Waals surface area contributed by atoms with Crippen molar-refractivity contribution < 1.29 is 23.9 Å². The van der Waals surface area contributed by atoms with Crippen LogP contribution in [0.2, 0.25) is 0 Å². The van der Waals surface area contributed by atoms with Gasteiger partial charge in [0.25, 0.3) is 5.91 Å². The van der Waals surface area contributed by atoms with Crippen LogP contribution in [0, 0.1) is 0 Å². The molecule has 1 amide bonds. The molecule has 1 aromatic carbocycles. The van der Waals surface area contributed by atoms with Crippen LogP contribution >= 0.6 is 0 Å². The van der Waals surface area contributed by atoms with Crippen molar-refractivity contribution in [2.75, 3.05) is 13.7 Å². The van der Waals surface area contributed by atoms with Gasteiger partial charge < -0.3 is 14.8 Å². The van der Waals surface area contributed by atoms with Crippen LogP contribution in [0.5, 0.6) is 0 Å². The van der Waals surface area contributed by atoms with Gasteiger partial charge in [-0.25, -0.2) is 9.59 Å². The van der Waals surface area contributed by atoms with Gasteiger partial charge in [0.2, 0.25) is 0 Å². The van der Waals surface area contributed by atoms with Crippen molar-refractivity contribution >= 4 is 17.8 Å². The van der Waals surface area contributed by atoms with Crippen LogP contribution in [0.4, 0.5) is 0 Å². The molecule has 0 aliphatic rings. The maximum absolute atomic E-state index is 12.0. The van der Waals surface area contributed by atoms with E-state index in [1.807, 2.05) is 20.8 Å². The minimum absolute atomic E-state index is 0.0666. The zero-order valence-corrected chi connectivity index (χ0v) is 13.3. The molecule has 6 heteroatoms. The Morgan fingerprint density at radius 2 is 1.64 bits per heavy atom. The number of methoxy groups -OCH3 is 1. The van der Waals surface area contributed by atoms with Crippen LogP contribution in [0.3, 0.4) is 0 Å². The van der Waals surface area contributed by atoms with Crippen molar-refractivity contribution in [1.29, 1.82) is 0 Å². The van der Waals surface area contributed by atoms with Crippen LogP contribution in [0.25, 0.3) is 0 Å². The summed E-state index contributed by atoms with van der Waals surface area (Å²) < 4.78 is 9.56. The molecule has 6 nitrogen and oxygen atoms in total. The van der Waals surface area contributed by atoms with Gasteiger partial charge in [0.1, 0.15) is 0 Å². The lowest BCUT2D eigenvalue weighted by molar-refractivity contribution is -0.125. The van der Waals surface area contributed by atoms with Crippen molar-refractivity contribution in [3.63, 3.8) is 0 Å². The summed E-state index contributed by atoms with van der Waals surface area (Å²) in [4.78, 5) is 35.4. The van der Waals surface area contributed by atoms with Crippen molar-refractivity contribution in [2.45, 2.75) is 32.7 Å². The first kappa shape index (κ1) is 17.7. The molecule has 0 aliphatic carbocycles. The number of hydrogen-bond acceptors (Lipinski definition) is 5. The van der Waals surface area contributed by atoms with Crippen molar-refractivity contribution in [3.05, 3.63) is 35.4 Å². The molecule has 1 rings (SSSR count). The minimum Gasteiger partial charge on any atom is -0.465 e. The number of benzene rings is 1. The van der Waals surface area contributed by atoms with Gasteiger partial charge in [0.05, 0.1) is 18.2 Å². The van der Waals surface area contributed by atoms with E-state index < -0.39 is 24.5 Å². The zero-order valence-electron chi connectivity index (χ0n) is 13.3. The molecule has 120 valence electrons. The maximum Gasteiger partial charge on any atom is 0.339 e. The standard InChI is InChI=1S/C16H21NO5/c1-5-16(2,3)17-13(18)10-22-15(20)12-9-7-6-8-11(12)14(19)21-4/h6-9H,5,10H2,1-4H3,(H,17,18). The molecule has 0 aliphatic heterocycles. The average molecular weight is 307 g/mol. The van der Waals surface area contributed by atoms with Gasteiger partial charge in [-0.2, -0.15) is 0 Å². The quantitative estimate of drug-likeness (QED) is 0.812. The van der Waals surface area contributed by atoms with Crippen LogP contribution in [0.15, 0.2) is 24.3 Å². The Kier molecular flexibility index (Phi) is 6.10. The Labute approximate surface area is 129 Å². The summed E-state index contributed by atoms with van der Waals surface area (Å²) in [5.41, 5.74) is -0.200. The van der Waals surface area contributed by atoms with E-state index >= 15 is 0 Å². The largest absolute Gasteiger partial charge is 0.465 e. The molecule has 0 heterocycles. The number of carbonyl (C=O) groups is 3. The molecule has 0 bridgehead atoms. The first-order valence-corrected chi connectivity index (χ1v) is 6.96. The molecule has 0 aromatic heterocycles. The molecule has 0 spiro atoms. The van der Waals surface area contributed by atoms with E-state index in [1.54, 1.807) is 12.1 Å². The first-order valence-electron chi connectivity index (χ1n) is 6.96. The highest BCUT2D eigenvalue weighted by Crippen LogP contribution is 2.12. The second-order valence-electron chi connectivity index (χ2n) is 5.40. The Bertz CT molecular complexity index is 565. The van der Waals surface area contributed by atoms with Gasteiger partial charge in [0, 0.05) is 5.54 Å². The SMILES string of the molecule is CCC(C)(C)NC(=O)COC(=O)c1ccccc1C(=O)OC. The van der Waals surface area contributed by atoms with Crippen LogP contribution in [-0.4, -0.2) is 37.1 Å². The average Bonchev–Trinajstić information content (AvgIpc) is 2.51. The van der Waals surface area contributed by atoms with E-state index in [-0.39, 0.29) is 16.7 Å². The molecule has 0 unspecified atom stereocenters. The second kappa shape index (κ2) is 7.59. The fraction of sp³-hybridized carbons (Fsp3) is 0.438. The van der Waals surface area contributed by atoms with Crippen LogP contribution in [0.1, 0.15) is 47.9 Å². The number of ether oxygens (including phenoxy) is 2. The van der Waals surface area contributed by atoms with E-state index in [0.717, 1.165) is 6.42 Å².